The van der Waals surface area contributed by atoms with Gasteiger partial charge in [0.1, 0.15) is 6.61 Å². The molecule has 9 heavy (non-hydrogen) atoms. The largest absolute Gasteiger partial charge is 0.477 e. The first-order valence-corrected chi connectivity index (χ1v) is 3.40. The quantitative estimate of drug-likeness (QED) is 0.512. The van der Waals surface area contributed by atoms with Gasteiger partial charge in [-0.25, -0.2) is 0 Å². The van der Waals surface area contributed by atoms with Crippen molar-refractivity contribution in [3.05, 3.63) is 10.8 Å². The van der Waals surface area contributed by atoms with Gasteiger partial charge in [-0.05, 0) is 6.92 Å². The molecule has 0 aliphatic carbocycles. The standard InChI is InChI=1S/C6H11NOS/c1-5(9)6-7(2)3-4-8-6/h9H,3-4H2,1-2H3/b6-5+. The molecule has 1 aliphatic heterocycles. The summed E-state index contributed by atoms with van der Waals surface area (Å²) in [6.45, 7) is 3.71. The van der Waals surface area contributed by atoms with E-state index in [9.17, 15) is 0 Å². The number of nitrogens with zero attached hydrogens (tertiary/aromatic N) is 1. The molecule has 1 rings (SSSR count). The molecule has 0 spiro atoms. The second-order valence-electron chi connectivity index (χ2n) is 2.16. The smallest absolute Gasteiger partial charge is 0.198 e. The zero-order valence-electron chi connectivity index (χ0n) is 5.72. The van der Waals surface area contributed by atoms with Gasteiger partial charge >= 0.3 is 0 Å². The number of allylic oxidation sites excluding steroid dienone is 1. The molecule has 0 amide bonds. The van der Waals surface area contributed by atoms with Crippen LogP contribution in [0.25, 0.3) is 0 Å². The third-order valence-corrected chi connectivity index (χ3v) is 1.51. The molecule has 0 N–H and O–H groups in total. The maximum absolute atomic E-state index is 5.26. The molecule has 0 bridgehead atoms. The fourth-order valence-corrected chi connectivity index (χ4v) is 1.11. The summed E-state index contributed by atoms with van der Waals surface area (Å²) in [5.41, 5.74) is 0. The van der Waals surface area contributed by atoms with Crippen LogP contribution in [0.1, 0.15) is 6.92 Å². The van der Waals surface area contributed by atoms with Gasteiger partial charge in [0.2, 0.25) is 0 Å². The Labute approximate surface area is 60.9 Å². The molecule has 0 aromatic carbocycles. The van der Waals surface area contributed by atoms with Crippen LogP contribution in [0, 0.1) is 0 Å². The van der Waals surface area contributed by atoms with Gasteiger partial charge in [-0.15, -0.1) is 12.6 Å². The molecule has 0 unspecified atom stereocenters. The van der Waals surface area contributed by atoms with Crippen molar-refractivity contribution in [2.45, 2.75) is 6.92 Å². The molecule has 0 saturated carbocycles. The number of ether oxygens (including phenoxy) is 1. The van der Waals surface area contributed by atoms with E-state index in [2.05, 4.69) is 17.5 Å². The number of rotatable bonds is 0. The monoisotopic (exact) mass is 145 g/mol. The Morgan fingerprint density at radius 2 is 2.44 bits per heavy atom. The minimum Gasteiger partial charge on any atom is -0.477 e. The molecule has 1 aliphatic rings. The second-order valence-corrected chi connectivity index (χ2v) is 2.83. The lowest BCUT2D eigenvalue weighted by Crippen LogP contribution is -2.11. The second kappa shape index (κ2) is 2.52. The van der Waals surface area contributed by atoms with Crippen molar-refractivity contribution in [1.29, 1.82) is 0 Å². The molecule has 1 heterocycles. The fraction of sp³-hybridized carbons (Fsp3) is 0.667. The van der Waals surface area contributed by atoms with Gasteiger partial charge in [0, 0.05) is 12.0 Å². The van der Waals surface area contributed by atoms with E-state index >= 15 is 0 Å². The highest BCUT2D eigenvalue weighted by molar-refractivity contribution is 7.84. The first-order chi connectivity index (χ1) is 4.22. The van der Waals surface area contributed by atoms with E-state index in [1.54, 1.807) is 0 Å². The van der Waals surface area contributed by atoms with Crippen molar-refractivity contribution in [2.75, 3.05) is 20.2 Å². The Morgan fingerprint density at radius 3 is 2.67 bits per heavy atom. The fourth-order valence-electron chi connectivity index (χ4n) is 0.872. The average Bonchev–Trinajstić information content (AvgIpc) is 2.13. The molecule has 1 saturated heterocycles. The predicted octanol–water partition coefficient (Wildman–Crippen LogP) is 1.07. The summed E-state index contributed by atoms with van der Waals surface area (Å²) in [6.07, 6.45) is 0. The third kappa shape index (κ3) is 1.33. The lowest BCUT2D eigenvalue weighted by atomic mass is 10.6. The maximum atomic E-state index is 5.26. The summed E-state index contributed by atoms with van der Waals surface area (Å²) < 4.78 is 5.26. The van der Waals surface area contributed by atoms with Gasteiger partial charge in [-0.1, -0.05) is 0 Å². The van der Waals surface area contributed by atoms with Crippen LogP contribution in [0.3, 0.4) is 0 Å². The van der Waals surface area contributed by atoms with Crippen LogP contribution >= 0.6 is 12.6 Å². The molecular formula is C6H11NOS. The third-order valence-electron chi connectivity index (χ3n) is 1.32. The number of hydrogen-bond donors (Lipinski definition) is 1. The van der Waals surface area contributed by atoms with Gasteiger partial charge < -0.3 is 9.64 Å². The molecule has 0 aromatic heterocycles. The first-order valence-electron chi connectivity index (χ1n) is 2.95. The molecule has 52 valence electrons. The highest BCUT2D eigenvalue weighted by Crippen LogP contribution is 2.17. The Bertz CT molecular complexity index is 140. The van der Waals surface area contributed by atoms with Crippen molar-refractivity contribution < 1.29 is 4.74 Å². The van der Waals surface area contributed by atoms with Crippen molar-refractivity contribution in [2.24, 2.45) is 0 Å². The number of thiol groups is 1. The zero-order valence-corrected chi connectivity index (χ0v) is 6.61. The van der Waals surface area contributed by atoms with Crippen LogP contribution < -0.4 is 0 Å². The van der Waals surface area contributed by atoms with Gasteiger partial charge in [0.25, 0.3) is 0 Å². The lowest BCUT2D eigenvalue weighted by Gasteiger charge is -2.09. The Morgan fingerprint density at radius 1 is 1.78 bits per heavy atom. The van der Waals surface area contributed by atoms with Crippen molar-refractivity contribution in [3.63, 3.8) is 0 Å². The van der Waals surface area contributed by atoms with E-state index in [1.807, 2.05) is 14.0 Å². The Kier molecular flexibility index (Phi) is 1.90. The van der Waals surface area contributed by atoms with Crippen LogP contribution in [0.5, 0.6) is 0 Å². The summed E-state index contributed by atoms with van der Waals surface area (Å²) in [5.74, 6) is 0.915. The van der Waals surface area contributed by atoms with Crippen molar-refractivity contribution >= 4 is 12.6 Å². The zero-order chi connectivity index (χ0) is 6.85. The van der Waals surface area contributed by atoms with Crippen LogP contribution in [-0.4, -0.2) is 25.1 Å². The average molecular weight is 145 g/mol. The minimum atomic E-state index is 0.795. The number of likely N-dealkylation sites (N-methyl/N-ethyl adjacent to an activating group) is 1. The van der Waals surface area contributed by atoms with Gasteiger partial charge in [-0.3, -0.25) is 0 Å². The summed E-state index contributed by atoms with van der Waals surface area (Å²) in [6, 6.07) is 0. The summed E-state index contributed by atoms with van der Waals surface area (Å²) in [4.78, 5) is 3.01. The summed E-state index contributed by atoms with van der Waals surface area (Å²) >= 11 is 4.17. The highest BCUT2D eigenvalue weighted by Gasteiger charge is 2.14. The maximum Gasteiger partial charge on any atom is 0.198 e. The van der Waals surface area contributed by atoms with E-state index in [0.29, 0.717) is 0 Å². The first kappa shape index (κ1) is 6.81. The normalized spacial score (nSPS) is 24.1. The van der Waals surface area contributed by atoms with E-state index in [1.165, 1.54) is 0 Å². The van der Waals surface area contributed by atoms with Crippen LogP contribution in [0.2, 0.25) is 0 Å². The van der Waals surface area contributed by atoms with Gasteiger partial charge in [0.05, 0.1) is 6.54 Å². The van der Waals surface area contributed by atoms with Crippen LogP contribution in [0.4, 0.5) is 0 Å². The molecule has 0 aromatic rings. The molecule has 0 radical (unpaired) electrons. The minimum absolute atomic E-state index is 0.795. The molecule has 3 heteroatoms. The van der Waals surface area contributed by atoms with Crippen molar-refractivity contribution in [3.8, 4) is 0 Å². The molecule has 0 atom stereocenters. The van der Waals surface area contributed by atoms with Gasteiger partial charge in [-0.2, -0.15) is 0 Å². The molecular weight excluding hydrogens is 134 g/mol. The SMILES string of the molecule is C/C(S)=C1\OCCN1C. The summed E-state index contributed by atoms with van der Waals surface area (Å²) in [5, 5.41) is 0. The Balaban J connectivity index is 2.70. The molecule has 2 nitrogen and oxygen atoms in total. The van der Waals surface area contributed by atoms with E-state index in [-0.39, 0.29) is 0 Å². The van der Waals surface area contributed by atoms with Crippen LogP contribution in [0.15, 0.2) is 10.8 Å². The Hall–Kier alpha value is -0.310. The lowest BCUT2D eigenvalue weighted by molar-refractivity contribution is 0.242. The molecule has 1 fully saturated rings. The van der Waals surface area contributed by atoms with E-state index in [0.717, 1.165) is 23.9 Å². The van der Waals surface area contributed by atoms with E-state index < -0.39 is 0 Å². The topological polar surface area (TPSA) is 12.5 Å². The summed E-state index contributed by atoms with van der Waals surface area (Å²) in [7, 11) is 2.00. The van der Waals surface area contributed by atoms with Crippen LogP contribution in [-0.2, 0) is 4.74 Å². The van der Waals surface area contributed by atoms with Gasteiger partial charge in [0.15, 0.2) is 5.88 Å². The van der Waals surface area contributed by atoms with Crippen molar-refractivity contribution in [1.82, 2.24) is 4.90 Å². The van der Waals surface area contributed by atoms with E-state index in [4.69, 9.17) is 4.74 Å². The predicted molar refractivity (Wildman–Crippen MR) is 40.3 cm³/mol. The highest BCUT2D eigenvalue weighted by atomic mass is 32.1. The number of hydrogen-bond acceptors (Lipinski definition) is 3.